The molecule has 2 heterocycles. The minimum Gasteiger partial charge on any atom is -0.468 e. The van der Waals surface area contributed by atoms with Crippen LogP contribution in [-0.2, 0) is 11.3 Å². The molecule has 0 saturated heterocycles. The van der Waals surface area contributed by atoms with Gasteiger partial charge in [-0.25, -0.2) is 9.67 Å². The Morgan fingerprint density at radius 1 is 1.00 bits per heavy atom. The molecule has 2 aromatic heterocycles. The molecule has 3 amide bonds. The number of aliphatic hydroxyl groups excluding tert-OH is 1. The molecular formula is C29H31N7O5. The zero-order chi connectivity index (χ0) is 28.6. The van der Waals surface area contributed by atoms with Gasteiger partial charge in [-0.2, -0.15) is 0 Å². The Bertz CT molecular complexity index is 1540. The molecule has 12 nitrogen and oxygen atoms in total. The number of anilines is 1. The van der Waals surface area contributed by atoms with E-state index in [1.54, 1.807) is 23.1 Å². The summed E-state index contributed by atoms with van der Waals surface area (Å²) in [5.74, 6) is -0.808. The number of amides is 3. The third-order valence-corrected chi connectivity index (χ3v) is 6.96. The van der Waals surface area contributed by atoms with Gasteiger partial charge in [0.2, 0.25) is 5.88 Å². The molecule has 1 aliphatic rings. The molecule has 0 unspecified atom stereocenters. The number of hydrogen-bond acceptors (Lipinski definition) is 8. The van der Waals surface area contributed by atoms with E-state index < -0.39 is 17.7 Å². The van der Waals surface area contributed by atoms with Gasteiger partial charge in [-0.1, -0.05) is 42.0 Å². The number of ether oxygens (including phenoxy) is 1. The highest BCUT2D eigenvalue weighted by atomic mass is 16.5. The summed E-state index contributed by atoms with van der Waals surface area (Å²) in [6, 6.07) is 14.2. The first kappa shape index (κ1) is 27.7. The molecule has 0 aliphatic heterocycles. The Morgan fingerprint density at radius 3 is 2.56 bits per heavy atom. The number of carbonyl (C=O) groups excluding carboxylic acids is 3. The molecule has 212 valence electrons. The first-order chi connectivity index (χ1) is 20.0. The second-order valence-corrected chi connectivity index (χ2v) is 9.79. The normalized spacial score (nSPS) is 12.9. The van der Waals surface area contributed by atoms with Crippen molar-refractivity contribution in [1.29, 1.82) is 0 Å². The summed E-state index contributed by atoms with van der Waals surface area (Å²) in [6.07, 6.45) is 6.65. The molecule has 0 bridgehead atoms. The summed E-state index contributed by atoms with van der Waals surface area (Å²) in [7, 11) is 0. The Hall–Kier alpha value is -4.84. The number of hydrogen-bond donors (Lipinski definition) is 4. The van der Waals surface area contributed by atoms with Crippen molar-refractivity contribution in [3.05, 3.63) is 77.7 Å². The van der Waals surface area contributed by atoms with Crippen LogP contribution in [0.2, 0.25) is 0 Å². The maximum Gasteiger partial charge on any atom is 0.272 e. The van der Waals surface area contributed by atoms with Gasteiger partial charge in [0.1, 0.15) is 0 Å². The highest BCUT2D eigenvalue weighted by Gasteiger charge is 2.22. The van der Waals surface area contributed by atoms with Crippen molar-refractivity contribution < 1.29 is 24.2 Å². The lowest BCUT2D eigenvalue weighted by molar-refractivity contribution is -0.123. The zero-order valence-electron chi connectivity index (χ0n) is 22.4. The van der Waals surface area contributed by atoms with Gasteiger partial charge in [0, 0.05) is 30.9 Å². The van der Waals surface area contributed by atoms with Gasteiger partial charge < -0.3 is 25.8 Å². The van der Waals surface area contributed by atoms with Gasteiger partial charge in [-0.05, 0) is 47.2 Å². The largest absolute Gasteiger partial charge is 0.468 e. The van der Waals surface area contributed by atoms with Crippen LogP contribution in [0.1, 0.15) is 45.7 Å². The van der Waals surface area contributed by atoms with Crippen molar-refractivity contribution in [1.82, 2.24) is 30.6 Å². The van der Waals surface area contributed by atoms with E-state index in [1.807, 2.05) is 30.3 Å². The average molecular weight is 558 g/mol. The number of carbonyl (C=O) groups is 3. The SMILES string of the molecule is O=C(COc1ccc(NC(=O)c2ccc(Cn3ccnn3)c3ccccc23)c(C(=O)NCC2CCC2)n1)NCCO. The third-order valence-electron chi connectivity index (χ3n) is 6.96. The number of rotatable bonds is 12. The van der Waals surface area contributed by atoms with Gasteiger partial charge >= 0.3 is 0 Å². The van der Waals surface area contributed by atoms with E-state index in [2.05, 4.69) is 31.2 Å². The molecule has 12 heteroatoms. The van der Waals surface area contributed by atoms with Gasteiger partial charge in [-0.3, -0.25) is 14.4 Å². The maximum atomic E-state index is 13.6. The fourth-order valence-corrected chi connectivity index (χ4v) is 4.58. The molecule has 1 fully saturated rings. The summed E-state index contributed by atoms with van der Waals surface area (Å²) in [5, 5.41) is 26.6. The lowest BCUT2D eigenvalue weighted by atomic mass is 9.85. The van der Waals surface area contributed by atoms with Gasteiger partial charge in [0.05, 0.1) is 25.0 Å². The number of nitrogens with one attached hydrogen (secondary N) is 3. The average Bonchev–Trinajstić information content (AvgIpc) is 3.48. The van der Waals surface area contributed by atoms with Crippen LogP contribution in [0.25, 0.3) is 10.8 Å². The second-order valence-electron chi connectivity index (χ2n) is 9.79. The smallest absolute Gasteiger partial charge is 0.272 e. The molecule has 4 aromatic rings. The lowest BCUT2D eigenvalue weighted by Crippen LogP contribution is -2.33. The quantitative estimate of drug-likeness (QED) is 0.206. The van der Waals surface area contributed by atoms with Gasteiger partial charge in [-0.15, -0.1) is 5.10 Å². The van der Waals surface area contributed by atoms with Crippen LogP contribution in [0, 0.1) is 5.92 Å². The predicted molar refractivity (Wildman–Crippen MR) is 151 cm³/mol. The Morgan fingerprint density at radius 2 is 1.83 bits per heavy atom. The number of aromatic nitrogens is 4. The van der Waals surface area contributed by atoms with E-state index in [0.29, 0.717) is 24.6 Å². The number of fused-ring (bicyclic) bond motifs is 1. The Labute approximate surface area is 236 Å². The van der Waals surface area contributed by atoms with E-state index in [4.69, 9.17) is 9.84 Å². The topological polar surface area (TPSA) is 160 Å². The van der Waals surface area contributed by atoms with E-state index in [0.717, 1.165) is 35.6 Å². The molecule has 4 N–H and O–H groups in total. The molecule has 5 rings (SSSR count). The standard InChI is InChI=1S/C29H31N7O5/c37-15-13-30-25(38)18-41-26-11-10-24(27(34-26)29(40)31-16-19-4-3-5-19)33-28(39)23-9-8-20(17-36-14-12-32-35-36)21-6-1-2-7-22(21)23/h1-2,6-12,14,19,37H,3-5,13,15-18H2,(H,30,38)(H,31,40)(H,33,39). The van der Waals surface area contributed by atoms with Crippen molar-refractivity contribution in [2.24, 2.45) is 5.92 Å². The summed E-state index contributed by atoms with van der Waals surface area (Å²) in [4.78, 5) is 42.9. The number of pyridine rings is 1. The number of nitrogens with zero attached hydrogens (tertiary/aromatic N) is 4. The fourth-order valence-electron chi connectivity index (χ4n) is 4.58. The predicted octanol–water partition coefficient (Wildman–Crippen LogP) is 2.14. The second kappa shape index (κ2) is 13.0. The monoisotopic (exact) mass is 557 g/mol. The van der Waals surface area contributed by atoms with Gasteiger partial charge in [0.25, 0.3) is 17.7 Å². The molecule has 0 atom stereocenters. The van der Waals surface area contributed by atoms with Crippen LogP contribution in [0.5, 0.6) is 5.88 Å². The fraction of sp³-hybridized carbons (Fsp3) is 0.310. The molecule has 2 aromatic carbocycles. The van der Waals surface area contributed by atoms with Crippen molar-refractivity contribution in [3.63, 3.8) is 0 Å². The van der Waals surface area contributed by atoms with E-state index in [9.17, 15) is 14.4 Å². The molecule has 1 aliphatic carbocycles. The lowest BCUT2D eigenvalue weighted by Gasteiger charge is -2.25. The highest BCUT2D eigenvalue weighted by Crippen LogP contribution is 2.27. The summed E-state index contributed by atoms with van der Waals surface area (Å²) >= 11 is 0. The minimum absolute atomic E-state index is 0.0157. The van der Waals surface area contributed by atoms with Crippen LogP contribution in [-0.4, -0.2) is 69.1 Å². The van der Waals surface area contributed by atoms with Crippen LogP contribution < -0.4 is 20.7 Å². The zero-order valence-corrected chi connectivity index (χ0v) is 22.4. The van der Waals surface area contributed by atoms with Crippen molar-refractivity contribution >= 4 is 34.2 Å². The van der Waals surface area contributed by atoms with Crippen LogP contribution in [0.15, 0.2) is 60.9 Å². The van der Waals surface area contributed by atoms with E-state index >= 15 is 0 Å². The minimum atomic E-state index is -0.449. The molecule has 0 radical (unpaired) electrons. The summed E-state index contributed by atoms with van der Waals surface area (Å²) in [6.45, 7) is 0.585. The third kappa shape index (κ3) is 6.84. The Kier molecular flexibility index (Phi) is 8.79. The highest BCUT2D eigenvalue weighted by molar-refractivity contribution is 6.15. The number of aliphatic hydroxyl groups is 1. The van der Waals surface area contributed by atoms with E-state index in [1.165, 1.54) is 12.1 Å². The molecule has 41 heavy (non-hydrogen) atoms. The van der Waals surface area contributed by atoms with Crippen LogP contribution >= 0.6 is 0 Å². The summed E-state index contributed by atoms with van der Waals surface area (Å²) < 4.78 is 7.17. The molecule has 0 spiro atoms. The van der Waals surface area contributed by atoms with Crippen LogP contribution in [0.3, 0.4) is 0 Å². The van der Waals surface area contributed by atoms with Crippen molar-refractivity contribution in [3.8, 4) is 5.88 Å². The Balaban J connectivity index is 1.38. The molecule has 1 saturated carbocycles. The molecular weight excluding hydrogens is 526 g/mol. The first-order valence-electron chi connectivity index (χ1n) is 13.5. The maximum absolute atomic E-state index is 13.6. The summed E-state index contributed by atoms with van der Waals surface area (Å²) in [5.41, 5.74) is 1.61. The van der Waals surface area contributed by atoms with Crippen LogP contribution in [0.4, 0.5) is 5.69 Å². The first-order valence-corrected chi connectivity index (χ1v) is 13.5. The van der Waals surface area contributed by atoms with E-state index in [-0.39, 0.29) is 37.0 Å². The van der Waals surface area contributed by atoms with Crippen molar-refractivity contribution in [2.45, 2.75) is 25.8 Å². The van der Waals surface area contributed by atoms with Crippen molar-refractivity contribution in [2.75, 3.05) is 31.6 Å². The van der Waals surface area contributed by atoms with Gasteiger partial charge in [0.15, 0.2) is 12.3 Å². The number of benzene rings is 2.